The number of halogens is 1. The summed E-state index contributed by atoms with van der Waals surface area (Å²) in [5.74, 6) is 0. The van der Waals surface area contributed by atoms with E-state index in [0.29, 0.717) is 5.59 Å². The second kappa shape index (κ2) is 3.87. The van der Waals surface area contributed by atoms with Crippen LogP contribution in [0.5, 0.6) is 0 Å². The van der Waals surface area contributed by atoms with Crippen LogP contribution in [0.2, 0.25) is 5.02 Å². The van der Waals surface area contributed by atoms with Crippen molar-refractivity contribution in [1.82, 2.24) is 4.98 Å². The Labute approximate surface area is 105 Å². The van der Waals surface area contributed by atoms with Crippen LogP contribution in [0.25, 0.3) is 0 Å². The molecule has 1 N–H and O–H groups in total. The lowest BCUT2D eigenvalue weighted by molar-refractivity contribution is 0.00578. The molecule has 2 rings (SSSR count). The number of pyridine rings is 1. The summed E-state index contributed by atoms with van der Waals surface area (Å²) in [4.78, 5) is 14.4. The highest BCUT2D eigenvalue weighted by Gasteiger charge is 2.52. The van der Waals surface area contributed by atoms with Crippen LogP contribution in [-0.2, 0) is 9.31 Å². The summed E-state index contributed by atoms with van der Waals surface area (Å²) in [6.07, 6.45) is 1.45. The molecule has 0 aromatic carbocycles. The molecule has 0 bridgehead atoms. The standard InChI is InChI=1S/C11H15BClNO3/c1-10(2)11(3,4)17-12(16-10)9-5-8(15)7(13)6-14-9/h5-6H,1-4H3,(H,14,15). The van der Waals surface area contributed by atoms with Crippen LogP contribution in [0.15, 0.2) is 17.1 Å². The minimum atomic E-state index is -0.565. The topological polar surface area (TPSA) is 51.3 Å². The average molecular weight is 256 g/mol. The van der Waals surface area contributed by atoms with Gasteiger partial charge in [-0.15, -0.1) is 0 Å². The first kappa shape index (κ1) is 12.7. The summed E-state index contributed by atoms with van der Waals surface area (Å²) in [7, 11) is -0.565. The zero-order valence-corrected chi connectivity index (χ0v) is 11.1. The highest BCUT2D eigenvalue weighted by atomic mass is 35.5. The zero-order valence-electron chi connectivity index (χ0n) is 10.3. The first-order valence-electron chi connectivity index (χ1n) is 5.47. The largest absolute Gasteiger partial charge is 0.512 e. The molecule has 0 unspecified atom stereocenters. The van der Waals surface area contributed by atoms with Gasteiger partial charge in [-0.05, 0) is 27.7 Å². The molecular weight excluding hydrogens is 240 g/mol. The summed E-state index contributed by atoms with van der Waals surface area (Å²) in [6.45, 7) is 7.84. The Morgan fingerprint density at radius 2 is 1.76 bits per heavy atom. The molecule has 0 atom stereocenters. The molecule has 1 aliphatic heterocycles. The minimum Gasteiger partial charge on any atom is -0.398 e. The van der Waals surface area contributed by atoms with Gasteiger partial charge in [-0.1, -0.05) is 11.6 Å². The molecule has 1 aromatic rings. The van der Waals surface area contributed by atoms with Crippen LogP contribution in [0.3, 0.4) is 0 Å². The second-order valence-corrected chi connectivity index (χ2v) is 5.60. The van der Waals surface area contributed by atoms with E-state index in [4.69, 9.17) is 20.9 Å². The molecule has 2 heterocycles. The van der Waals surface area contributed by atoms with Gasteiger partial charge >= 0.3 is 7.12 Å². The molecule has 92 valence electrons. The van der Waals surface area contributed by atoms with E-state index in [9.17, 15) is 4.79 Å². The number of H-pyrrole nitrogens is 1. The molecule has 1 fully saturated rings. The SMILES string of the molecule is CC1(C)OB(c2cc(=O)c(Cl)c[nH]2)OC1(C)C. The molecule has 1 aliphatic rings. The quantitative estimate of drug-likeness (QED) is 0.770. The fraction of sp³-hybridized carbons (Fsp3) is 0.545. The summed E-state index contributed by atoms with van der Waals surface area (Å²) in [5, 5.41) is 0.158. The number of aromatic amines is 1. The zero-order chi connectivity index (χ0) is 12.8. The average Bonchev–Trinajstić information content (AvgIpc) is 2.41. The molecular formula is C11H15BClNO3. The molecule has 0 saturated carbocycles. The maximum absolute atomic E-state index is 11.5. The molecule has 6 heteroatoms. The number of aromatic nitrogens is 1. The third-order valence-electron chi connectivity index (χ3n) is 3.39. The molecule has 0 radical (unpaired) electrons. The van der Waals surface area contributed by atoms with Crippen molar-refractivity contribution in [2.45, 2.75) is 38.9 Å². The Bertz CT molecular complexity index is 482. The van der Waals surface area contributed by atoms with Gasteiger partial charge in [-0.3, -0.25) is 4.79 Å². The van der Waals surface area contributed by atoms with E-state index < -0.39 is 18.3 Å². The van der Waals surface area contributed by atoms with Crippen molar-refractivity contribution in [3.63, 3.8) is 0 Å². The van der Waals surface area contributed by atoms with Crippen LogP contribution in [-0.4, -0.2) is 23.3 Å². The molecule has 17 heavy (non-hydrogen) atoms. The monoisotopic (exact) mass is 255 g/mol. The summed E-state index contributed by atoms with van der Waals surface area (Å²) < 4.78 is 11.6. The Morgan fingerprint density at radius 3 is 2.24 bits per heavy atom. The number of hydrogen-bond acceptors (Lipinski definition) is 3. The third-order valence-corrected chi connectivity index (χ3v) is 3.69. The maximum atomic E-state index is 11.5. The van der Waals surface area contributed by atoms with Gasteiger partial charge in [0.1, 0.15) is 5.02 Å². The number of rotatable bonds is 1. The lowest BCUT2D eigenvalue weighted by atomic mass is 9.84. The summed E-state index contributed by atoms with van der Waals surface area (Å²) in [5.41, 5.74) is -0.504. The van der Waals surface area contributed by atoms with E-state index in [1.54, 1.807) is 0 Å². The third kappa shape index (κ3) is 2.15. The van der Waals surface area contributed by atoms with E-state index in [1.807, 2.05) is 27.7 Å². The van der Waals surface area contributed by atoms with E-state index in [2.05, 4.69) is 4.98 Å². The predicted octanol–water partition coefficient (Wildman–Crippen LogP) is 1.33. The molecule has 4 nitrogen and oxygen atoms in total. The Kier molecular flexibility index (Phi) is 2.88. The van der Waals surface area contributed by atoms with Crippen molar-refractivity contribution in [1.29, 1.82) is 0 Å². The predicted molar refractivity (Wildman–Crippen MR) is 67.8 cm³/mol. The van der Waals surface area contributed by atoms with Gasteiger partial charge in [0, 0.05) is 17.9 Å². The Morgan fingerprint density at radius 1 is 1.24 bits per heavy atom. The minimum absolute atomic E-state index is 0.158. The Hall–Kier alpha value is -0.775. The van der Waals surface area contributed by atoms with E-state index in [-0.39, 0.29) is 10.5 Å². The first-order chi connectivity index (χ1) is 7.73. The maximum Gasteiger partial charge on any atom is 0.512 e. The highest BCUT2D eigenvalue weighted by Crippen LogP contribution is 2.36. The summed E-state index contributed by atoms with van der Waals surface area (Å²) in [6, 6.07) is 1.41. The fourth-order valence-electron chi connectivity index (χ4n) is 1.58. The van der Waals surface area contributed by atoms with Gasteiger partial charge in [-0.25, -0.2) is 0 Å². The smallest absolute Gasteiger partial charge is 0.398 e. The molecule has 1 aromatic heterocycles. The van der Waals surface area contributed by atoms with Crippen molar-refractivity contribution in [2.75, 3.05) is 0 Å². The van der Waals surface area contributed by atoms with Crippen LogP contribution >= 0.6 is 11.6 Å². The highest BCUT2D eigenvalue weighted by molar-refractivity contribution is 6.61. The van der Waals surface area contributed by atoms with Gasteiger partial charge in [0.25, 0.3) is 0 Å². The van der Waals surface area contributed by atoms with Crippen LogP contribution in [0, 0.1) is 0 Å². The van der Waals surface area contributed by atoms with Crippen molar-refractivity contribution in [2.24, 2.45) is 0 Å². The van der Waals surface area contributed by atoms with Gasteiger partial charge in [0.2, 0.25) is 0 Å². The van der Waals surface area contributed by atoms with Gasteiger partial charge in [0.15, 0.2) is 5.43 Å². The van der Waals surface area contributed by atoms with Crippen LogP contribution < -0.4 is 11.0 Å². The Balaban J connectivity index is 2.32. The van der Waals surface area contributed by atoms with E-state index in [0.717, 1.165) is 0 Å². The molecule has 0 amide bonds. The van der Waals surface area contributed by atoms with E-state index in [1.165, 1.54) is 12.3 Å². The lowest BCUT2D eigenvalue weighted by Gasteiger charge is -2.32. The fourth-order valence-corrected chi connectivity index (χ4v) is 1.68. The van der Waals surface area contributed by atoms with Crippen molar-refractivity contribution in [3.05, 3.63) is 27.5 Å². The summed E-state index contributed by atoms with van der Waals surface area (Å²) >= 11 is 5.67. The van der Waals surface area contributed by atoms with Gasteiger partial charge in [0.05, 0.1) is 11.2 Å². The second-order valence-electron chi connectivity index (χ2n) is 5.19. The van der Waals surface area contributed by atoms with E-state index >= 15 is 0 Å². The molecule has 1 saturated heterocycles. The number of nitrogens with one attached hydrogen (secondary N) is 1. The molecule has 0 aliphatic carbocycles. The van der Waals surface area contributed by atoms with Crippen molar-refractivity contribution < 1.29 is 9.31 Å². The van der Waals surface area contributed by atoms with Crippen LogP contribution in [0.1, 0.15) is 27.7 Å². The molecule has 0 spiro atoms. The van der Waals surface area contributed by atoms with Crippen LogP contribution in [0.4, 0.5) is 0 Å². The van der Waals surface area contributed by atoms with Crippen molar-refractivity contribution in [3.8, 4) is 0 Å². The lowest BCUT2D eigenvalue weighted by Crippen LogP contribution is -2.41. The van der Waals surface area contributed by atoms with Gasteiger partial charge < -0.3 is 14.3 Å². The normalized spacial score (nSPS) is 21.8. The van der Waals surface area contributed by atoms with Crippen molar-refractivity contribution >= 4 is 24.3 Å². The first-order valence-corrected chi connectivity index (χ1v) is 5.84. The van der Waals surface area contributed by atoms with Gasteiger partial charge in [-0.2, -0.15) is 0 Å². The number of hydrogen-bond donors (Lipinski definition) is 1.